The van der Waals surface area contributed by atoms with Crippen molar-refractivity contribution in [3.63, 3.8) is 0 Å². The third-order valence-electron chi connectivity index (χ3n) is 3.95. The van der Waals surface area contributed by atoms with Gasteiger partial charge in [-0.1, -0.05) is 38.1 Å². The van der Waals surface area contributed by atoms with Crippen molar-refractivity contribution in [2.45, 2.75) is 26.3 Å². The molecule has 0 amide bonds. The van der Waals surface area contributed by atoms with Crippen LogP contribution in [0.3, 0.4) is 0 Å². The number of para-hydroxylation sites is 1. The third-order valence-corrected chi connectivity index (χ3v) is 3.95. The van der Waals surface area contributed by atoms with Gasteiger partial charge < -0.3 is 10.6 Å². The Morgan fingerprint density at radius 3 is 2.86 bits per heavy atom. The lowest BCUT2D eigenvalue weighted by Gasteiger charge is -2.29. The lowest BCUT2D eigenvalue weighted by molar-refractivity contribution is 0.548. The molecule has 1 aliphatic heterocycles. The first kappa shape index (κ1) is 14.0. The summed E-state index contributed by atoms with van der Waals surface area (Å²) in [5.41, 5.74) is 6.68. The minimum Gasteiger partial charge on any atom is -0.346 e. The molecule has 1 aromatic carbocycles. The summed E-state index contributed by atoms with van der Waals surface area (Å²) < 4.78 is 0. The van der Waals surface area contributed by atoms with E-state index in [1.807, 2.05) is 12.1 Å². The van der Waals surface area contributed by atoms with Gasteiger partial charge in [0.15, 0.2) is 0 Å². The Bertz CT molecular complexity index is 663. The number of aromatic nitrogens is 2. The Hall–Kier alpha value is -1.94. The van der Waals surface area contributed by atoms with Gasteiger partial charge in [-0.15, -0.1) is 0 Å². The van der Waals surface area contributed by atoms with Crippen LogP contribution in [0, 0.1) is 5.92 Å². The number of nitrogens with zero attached hydrogens (tertiary/aromatic N) is 3. The Morgan fingerprint density at radius 1 is 1.29 bits per heavy atom. The van der Waals surface area contributed by atoms with Gasteiger partial charge in [0, 0.05) is 18.4 Å². The SMILES string of the molecule is CC(C)C1C=CCN1c1nc(CCN)nc2ccccc12. The van der Waals surface area contributed by atoms with Gasteiger partial charge in [-0.05, 0) is 24.6 Å². The molecule has 0 radical (unpaired) electrons. The number of rotatable bonds is 4. The Kier molecular flexibility index (Phi) is 3.88. The fourth-order valence-corrected chi connectivity index (χ4v) is 2.92. The largest absolute Gasteiger partial charge is 0.346 e. The monoisotopic (exact) mass is 282 g/mol. The number of anilines is 1. The highest BCUT2D eigenvalue weighted by Gasteiger charge is 2.25. The molecular formula is C17H22N4. The second kappa shape index (κ2) is 5.82. The van der Waals surface area contributed by atoms with Gasteiger partial charge in [0.1, 0.15) is 11.6 Å². The zero-order valence-corrected chi connectivity index (χ0v) is 12.7. The number of nitrogens with two attached hydrogens (primary N) is 1. The van der Waals surface area contributed by atoms with Crippen molar-refractivity contribution in [3.8, 4) is 0 Å². The van der Waals surface area contributed by atoms with Crippen molar-refractivity contribution in [1.29, 1.82) is 0 Å². The first-order valence-corrected chi connectivity index (χ1v) is 7.59. The molecule has 4 heteroatoms. The van der Waals surface area contributed by atoms with Crippen LogP contribution in [0.1, 0.15) is 19.7 Å². The molecule has 1 unspecified atom stereocenters. The fourth-order valence-electron chi connectivity index (χ4n) is 2.92. The predicted molar refractivity (Wildman–Crippen MR) is 87.4 cm³/mol. The minimum absolute atomic E-state index is 0.397. The number of fused-ring (bicyclic) bond motifs is 1. The smallest absolute Gasteiger partial charge is 0.141 e. The lowest BCUT2D eigenvalue weighted by Crippen LogP contribution is -2.35. The molecule has 0 spiro atoms. The average Bonchev–Trinajstić information content (AvgIpc) is 2.96. The van der Waals surface area contributed by atoms with Crippen LogP contribution in [0.5, 0.6) is 0 Å². The quantitative estimate of drug-likeness (QED) is 0.876. The summed E-state index contributed by atoms with van der Waals surface area (Å²) in [6, 6.07) is 8.62. The number of hydrogen-bond acceptors (Lipinski definition) is 4. The van der Waals surface area contributed by atoms with E-state index in [0.717, 1.165) is 29.1 Å². The van der Waals surface area contributed by atoms with Crippen LogP contribution in [0.2, 0.25) is 0 Å². The maximum absolute atomic E-state index is 5.68. The van der Waals surface area contributed by atoms with E-state index in [1.54, 1.807) is 0 Å². The predicted octanol–water partition coefficient (Wildman–Crippen LogP) is 2.53. The molecule has 110 valence electrons. The summed E-state index contributed by atoms with van der Waals surface area (Å²) in [5, 5.41) is 1.12. The fraction of sp³-hybridized carbons (Fsp3) is 0.412. The van der Waals surface area contributed by atoms with Crippen molar-refractivity contribution >= 4 is 16.7 Å². The van der Waals surface area contributed by atoms with E-state index in [4.69, 9.17) is 10.7 Å². The highest BCUT2D eigenvalue weighted by atomic mass is 15.2. The molecule has 1 atom stereocenters. The second-order valence-corrected chi connectivity index (χ2v) is 5.83. The van der Waals surface area contributed by atoms with Crippen LogP contribution in [0.4, 0.5) is 5.82 Å². The van der Waals surface area contributed by atoms with Crippen LogP contribution < -0.4 is 10.6 Å². The highest BCUT2D eigenvalue weighted by molar-refractivity contribution is 5.90. The molecule has 1 aromatic heterocycles. The van der Waals surface area contributed by atoms with E-state index in [9.17, 15) is 0 Å². The van der Waals surface area contributed by atoms with E-state index in [-0.39, 0.29) is 0 Å². The molecule has 2 N–H and O–H groups in total. The van der Waals surface area contributed by atoms with Crippen molar-refractivity contribution in [2.24, 2.45) is 11.7 Å². The molecule has 3 rings (SSSR count). The van der Waals surface area contributed by atoms with Crippen LogP contribution in [0.15, 0.2) is 36.4 Å². The molecule has 0 saturated heterocycles. The number of hydrogen-bond donors (Lipinski definition) is 1. The Balaban J connectivity index is 2.11. The molecule has 2 heterocycles. The maximum Gasteiger partial charge on any atom is 0.141 e. The van der Waals surface area contributed by atoms with Crippen molar-refractivity contribution in [2.75, 3.05) is 18.0 Å². The zero-order valence-electron chi connectivity index (χ0n) is 12.7. The summed E-state index contributed by atoms with van der Waals surface area (Å²) in [6.45, 7) is 5.98. The summed E-state index contributed by atoms with van der Waals surface area (Å²) in [6.07, 6.45) is 5.22. The first-order valence-electron chi connectivity index (χ1n) is 7.59. The third kappa shape index (κ3) is 2.63. The Labute approximate surface area is 125 Å². The minimum atomic E-state index is 0.397. The normalized spacial score (nSPS) is 18.1. The maximum atomic E-state index is 5.68. The van der Waals surface area contributed by atoms with Gasteiger partial charge in [0.2, 0.25) is 0 Å². The van der Waals surface area contributed by atoms with Crippen molar-refractivity contribution in [3.05, 3.63) is 42.2 Å². The molecule has 0 bridgehead atoms. The van der Waals surface area contributed by atoms with Crippen LogP contribution in [-0.2, 0) is 6.42 Å². The summed E-state index contributed by atoms with van der Waals surface area (Å²) >= 11 is 0. The first-order chi connectivity index (χ1) is 10.2. The topological polar surface area (TPSA) is 55.0 Å². The molecule has 0 fully saturated rings. The van der Waals surface area contributed by atoms with Gasteiger partial charge in [-0.3, -0.25) is 0 Å². The number of benzene rings is 1. The standard InChI is InChI=1S/C17H22N4/c1-12(2)15-8-5-11-21(15)17-13-6-3-4-7-14(13)19-16(20-17)9-10-18/h3-8,12,15H,9-11,18H2,1-2H3. The molecule has 1 aliphatic rings. The molecule has 4 nitrogen and oxygen atoms in total. The van der Waals surface area contributed by atoms with E-state index in [1.165, 1.54) is 0 Å². The molecule has 0 aliphatic carbocycles. The second-order valence-electron chi connectivity index (χ2n) is 5.83. The van der Waals surface area contributed by atoms with E-state index >= 15 is 0 Å². The van der Waals surface area contributed by atoms with Gasteiger partial charge >= 0.3 is 0 Å². The van der Waals surface area contributed by atoms with Crippen molar-refractivity contribution < 1.29 is 0 Å². The Morgan fingerprint density at radius 2 is 2.10 bits per heavy atom. The molecule has 21 heavy (non-hydrogen) atoms. The van der Waals surface area contributed by atoms with E-state index < -0.39 is 0 Å². The van der Waals surface area contributed by atoms with Gasteiger partial charge in [-0.2, -0.15) is 0 Å². The molecule has 0 saturated carbocycles. The summed E-state index contributed by atoms with van der Waals surface area (Å²) in [5.74, 6) is 2.42. The van der Waals surface area contributed by atoms with Gasteiger partial charge in [0.25, 0.3) is 0 Å². The average molecular weight is 282 g/mol. The lowest BCUT2D eigenvalue weighted by atomic mass is 10.0. The zero-order chi connectivity index (χ0) is 14.8. The van der Waals surface area contributed by atoms with Crippen LogP contribution >= 0.6 is 0 Å². The highest BCUT2D eigenvalue weighted by Crippen LogP contribution is 2.30. The van der Waals surface area contributed by atoms with E-state index in [2.05, 4.69) is 48.0 Å². The van der Waals surface area contributed by atoms with Gasteiger partial charge in [0.05, 0.1) is 11.6 Å². The molecular weight excluding hydrogens is 260 g/mol. The molecule has 2 aromatic rings. The van der Waals surface area contributed by atoms with Gasteiger partial charge in [-0.25, -0.2) is 9.97 Å². The summed E-state index contributed by atoms with van der Waals surface area (Å²) in [4.78, 5) is 11.8. The van der Waals surface area contributed by atoms with Crippen LogP contribution in [-0.4, -0.2) is 29.1 Å². The summed E-state index contributed by atoms with van der Waals surface area (Å²) in [7, 11) is 0. The van der Waals surface area contributed by atoms with E-state index in [0.29, 0.717) is 24.9 Å². The van der Waals surface area contributed by atoms with Crippen molar-refractivity contribution in [1.82, 2.24) is 9.97 Å². The van der Waals surface area contributed by atoms with Crippen LogP contribution in [0.25, 0.3) is 10.9 Å².